The molecule has 0 bridgehead atoms. The standard InChI is InChI=1S/C49H60ClN9O8S2/c1-28-30(3)69-48-41(28)42(33-12-14-35(50)15-13-33)54-37(45-57-56-31(4)59(45)48)23-39(61)51-16-17-65-18-19-66-20-21-67-26-40(62)55-44(49(5,6)7)47(64)58-25-36(60)22-38(58)46(63)52-24-32-8-10-34(11-9-32)43-29(2)53-27-68-43/h8-15,27,36-38,44,60H,16-26H2,1-7H3,(H,51,61)(H,52,63)(H,55,62)/t36?,37-,38-,44+/m1/s1. The van der Waals surface area contributed by atoms with Crippen molar-refractivity contribution >= 4 is 63.6 Å². The summed E-state index contributed by atoms with van der Waals surface area (Å²) in [4.78, 5) is 66.8. The van der Waals surface area contributed by atoms with Gasteiger partial charge in [0.15, 0.2) is 5.82 Å². The number of aliphatic hydroxyl groups is 1. The minimum absolute atomic E-state index is 0.0281. The number of carbonyl (C=O) groups excluding carboxylic acids is 4. The van der Waals surface area contributed by atoms with E-state index in [4.69, 9.17) is 30.8 Å². The Morgan fingerprint density at radius 1 is 0.884 bits per heavy atom. The zero-order valence-electron chi connectivity index (χ0n) is 40.0. The lowest BCUT2D eigenvalue weighted by atomic mass is 9.85. The van der Waals surface area contributed by atoms with Gasteiger partial charge in [-0.3, -0.25) is 28.7 Å². The second-order valence-electron chi connectivity index (χ2n) is 18.2. The normalized spacial score (nSPS) is 17.1. The minimum Gasteiger partial charge on any atom is -0.391 e. The first-order valence-electron chi connectivity index (χ1n) is 22.9. The van der Waals surface area contributed by atoms with Crippen molar-refractivity contribution in [2.24, 2.45) is 10.4 Å². The van der Waals surface area contributed by atoms with E-state index >= 15 is 0 Å². The molecule has 7 rings (SSSR count). The van der Waals surface area contributed by atoms with Crippen LogP contribution in [0, 0.1) is 33.1 Å². The van der Waals surface area contributed by atoms with Crippen LogP contribution >= 0.6 is 34.3 Å². The fourth-order valence-corrected chi connectivity index (χ4v) is 10.4. The summed E-state index contributed by atoms with van der Waals surface area (Å²) in [5.74, 6) is -0.231. The Morgan fingerprint density at radius 3 is 2.25 bits per heavy atom. The summed E-state index contributed by atoms with van der Waals surface area (Å²) in [6, 6.07) is 12.9. The lowest BCUT2D eigenvalue weighted by Gasteiger charge is -2.35. The number of benzene rings is 2. The number of β-amino-alcohol motifs (C(OH)–C–C–N with tert-alkyl or cyclic N) is 1. The SMILES string of the molecule is Cc1ncsc1-c1ccc(CNC(=O)[C@H]2CC(O)CN2C(=O)[C@H](NC(=O)COCCOCCOCCNC(=O)C[C@H]2N=C(c3ccc(Cl)cc3)c3c(sc(C)c3C)-n3c(C)nnc32)C(C)(C)C)cc1. The molecule has 0 saturated carbocycles. The largest absolute Gasteiger partial charge is 0.391 e. The van der Waals surface area contributed by atoms with Crippen LogP contribution in [0.3, 0.4) is 0 Å². The van der Waals surface area contributed by atoms with E-state index in [1.165, 1.54) is 4.90 Å². The van der Waals surface area contributed by atoms with Crippen molar-refractivity contribution in [3.05, 3.63) is 104 Å². The number of carbonyl (C=O) groups is 4. The quantitative estimate of drug-likeness (QED) is 0.0706. The van der Waals surface area contributed by atoms with Crippen molar-refractivity contribution in [3.63, 3.8) is 0 Å². The Bertz CT molecular complexity index is 2640. The number of hydrogen-bond donors (Lipinski definition) is 4. The first-order valence-corrected chi connectivity index (χ1v) is 25.0. The van der Waals surface area contributed by atoms with Crippen molar-refractivity contribution in [2.75, 3.05) is 52.7 Å². The van der Waals surface area contributed by atoms with Gasteiger partial charge in [-0.15, -0.1) is 32.9 Å². The number of aryl methyl sites for hydroxylation is 3. The number of nitrogens with zero attached hydrogens (tertiary/aromatic N) is 6. The van der Waals surface area contributed by atoms with Crippen molar-refractivity contribution in [2.45, 2.75) is 92.1 Å². The molecule has 0 radical (unpaired) electrons. The van der Waals surface area contributed by atoms with Crippen LogP contribution in [-0.2, 0) is 39.9 Å². The summed E-state index contributed by atoms with van der Waals surface area (Å²) in [5, 5.41) is 29.6. The van der Waals surface area contributed by atoms with Gasteiger partial charge >= 0.3 is 0 Å². The second-order valence-corrected chi connectivity index (χ2v) is 20.7. The van der Waals surface area contributed by atoms with Crippen LogP contribution in [-0.4, -0.2) is 130 Å². The molecule has 1 unspecified atom stereocenters. The molecule has 5 heterocycles. The Hall–Kier alpha value is -5.41. The molecule has 69 heavy (non-hydrogen) atoms. The molecule has 2 aliphatic heterocycles. The highest BCUT2D eigenvalue weighted by molar-refractivity contribution is 7.15. The number of halogens is 1. The van der Waals surface area contributed by atoms with Crippen LogP contribution in [0.25, 0.3) is 15.4 Å². The van der Waals surface area contributed by atoms with E-state index in [0.717, 1.165) is 54.0 Å². The van der Waals surface area contributed by atoms with Gasteiger partial charge in [-0.2, -0.15) is 0 Å². The van der Waals surface area contributed by atoms with Gasteiger partial charge in [0, 0.05) is 47.1 Å². The summed E-state index contributed by atoms with van der Waals surface area (Å²) >= 11 is 9.45. The maximum atomic E-state index is 14.0. The Morgan fingerprint density at radius 2 is 1.57 bits per heavy atom. The van der Waals surface area contributed by atoms with E-state index in [2.05, 4.69) is 45.0 Å². The van der Waals surface area contributed by atoms with Crippen LogP contribution < -0.4 is 16.0 Å². The first kappa shape index (κ1) is 51.4. The molecule has 0 aliphatic carbocycles. The van der Waals surface area contributed by atoms with Gasteiger partial charge in [0.25, 0.3) is 0 Å². The predicted octanol–water partition coefficient (Wildman–Crippen LogP) is 5.60. The highest BCUT2D eigenvalue weighted by Crippen LogP contribution is 2.40. The van der Waals surface area contributed by atoms with Crippen LogP contribution in [0.5, 0.6) is 0 Å². The minimum atomic E-state index is -0.984. The van der Waals surface area contributed by atoms with E-state index in [1.54, 1.807) is 22.7 Å². The molecular weight excluding hydrogens is 942 g/mol. The molecule has 0 spiro atoms. The Balaban J connectivity index is 0.797. The number of aliphatic hydroxyl groups excluding tert-OH is 1. The van der Waals surface area contributed by atoms with E-state index < -0.39 is 41.5 Å². The van der Waals surface area contributed by atoms with E-state index in [1.807, 2.05) is 93.2 Å². The van der Waals surface area contributed by atoms with Crippen LogP contribution in [0.1, 0.15) is 84.1 Å². The van der Waals surface area contributed by atoms with Crippen molar-refractivity contribution in [1.82, 2.24) is 40.6 Å². The number of nitrogens with one attached hydrogen (secondary N) is 3. The lowest BCUT2D eigenvalue weighted by Crippen LogP contribution is -2.58. The lowest BCUT2D eigenvalue weighted by molar-refractivity contribution is -0.144. The smallest absolute Gasteiger partial charge is 0.246 e. The fraction of sp³-hybridized carbons (Fsp3) is 0.469. The van der Waals surface area contributed by atoms with Crippen molar-refractivity contribution in [1.29, 1.82) is 0 Å². The number of thiophene rings is 1. The number of rotatable bonds is 20. The van der Waals surface area contributed by atoms with Gasteiger partial charge in [-0.05, 0) is 61.9 Å². The first-order chi connectivity index (χ1) is 33.0. The van der Waals surface area contributed by atoms with E-state index in [-0.39, 0.29) is 83.9 Å². The number of ether oxygens (including phenoxy) is 3. The summed E-state index contributed by atoms with van der Waals surface area (Å²) in [5.41, 5.74) is 7.76. The highest BCUT2D eigenvalue weighted by Gasteiger charge is 2.44. The van der Waals surface area contributed by atoms with Gasteiger partial charge in [0.05, 0.1) is 67.4 Å². The Kier molecular flexibility index (Phi) is 17.2. The average Bonchev–Trinajstić information content (AvgIpc) is 4.08. The number of amides is 4. The van der Waals surface area contributed by atoms with Crippen molar-refractivity contribution in [3.8, 4) is 15.4 Å². The number of thiazole rings is 1. The Labute approximate surface area is 415 Å². The third-order valence-electron chi connectivity index (χ3n) is 12.0. The fourth-order valence-electron chi connectivity index (χ4n) is 8.23. The summed E-state index contributed by atoms with van der Waals surface area (Å²) in [6.45, 7) is 14.8. The molecule has 2 aromatic carbocycles. The molecule has 3 aromatic heterocycles. The van der Waals surface area contributed by atoms with Gasteiger partial charge < -0.3 is 40.2 Å². The maximum absolute atomic E-state index is 14.0. The molecule has 5 aromatic rings. The number of aromatic nitrogens is 4. The zero-order chi connectivity index (χ0) is 49.4. The molecule has 4 atom stereocenters. The molecule has 368 valence electrons. The highest BCUT2D eigenvalue weighted by atomic mass is 35.5. The summed E-state index contributed by atoms with van der Waals surface area (Å²) < 4.78 is 18.8. The molecule has 4 N–H and O–H groups in total. The number of aliphatic imine (C=N–C) groups is 1. The van der Waals surface area contributed by atoms with E-state index in [0.29, 0.717) is 16.7 Å². The predicted molar refractivity (Wildman–Crippen MR) is 265 cm³/mol. The molecule has 20 heteroatoms. The molecule has 17 nitrogen and oxygen atoms in total. The third kappa shape index (κ3) is 12.7. The summed E-state index contributed by atoms with van der Waals surface area (Å²) in [7, 11) is 0. The molecule has 1 fully saturated rings. The van der Waals surface area contributed by atoms with Crippen LogP contribution in [0.15, 0.2) is 59.0 Å². The van der Waals surface area contributed by atoms with Gasteiger partial charge in [0.2, 0.25) is 23.6 Å². The number of fused-ring (bicyclic) bond motifs is 3. The topological polar surface area (TPSA) is 211 Å². The maximum Gasteiger partial charge on any atom is 0.246 e. The molecule has 2 aliphatic rings. The monoisotopic (exact) mass is 1000 g/mol. The van der Waals surface area contributed by atoms with Crippen molar-refractivity contribution < 1.29 is 38.5 Å². The van der Waals surface area contributed by atoms with Gasteiger partial charge in [-0.1, -0.05) is 68.8 Å². The number of likely N-dealkylation sites (tertiary alicyclic amines) is 1. The van der Waals surface area contributed by atoms with Gasteiger partial charge in [0.1, 0.15) is 35.6 Å². The van der Waals surface area contributed by atoms with Gasteiger partial charge in [-0.25, -0.2) is 4.98 Å². The van der Waals surface area contributed by atoms with Crippen LogP contribution in [0.4, 0.5) is 0 Å². The molecular formula is C49H60ClN9O8S2. The van der Waals surface area contributed by atoms with E-state index in [9.17, 15) is 24.3 Å². The zero-order valence-corrected chi connectivity index (χ0v) is 42.4. The third-order valence-corrected chi connectivity index (χ3v) is 14.4. The average molecular weight is 1000 g/mol. The second kappa shape index (κ2) is 23.0. The molecule has 1 saturated heterocycles. The van der Waals surface area contributed by atoms with Crippen LogP contribution in [0.2, 0.25) is 5.02 Å². The molecule has 4 amide bonds. The number of hydrogen-bond acceptors (Lipinski definition) is 14. The summed E-state index contributed by atoms with van der Waals surface area (Å²) in [6.07, 6.45) is -0.737.